The van der Waals surface area contributed by atoms with Crippen LogP contribution in [-0.4, -0.2) is 31.9 Å². The summed E-state index contributed by atoms with van der Waals surface area (Å²) in [6.45, 7) is 7.82. The summed E-state index contributed by atoms with van der Waals surface area (Å²) in [6.07, 6.45) is 3.00. The Labute approximate surface area is 128 Å². The molecule has 1 aromatic rings. The van der Waals surface area contributed by atoms with Gasteiger partial charge in [-0.3, -0.25) is 0 Å². The van der Waals surface area contributed by atoms with Crippen LogP contribution in [0.2, 0.25) is 0 Å². The Morgan fingerprint density at radius 1 is 1.33 bits per heavy atom. The molecule has 1 fully saturated rings. The molecule has 0 aromatic heterocycles. The maximum atomic E-state index is 12.6. The van der Waals surface area contributed by atoms with E-state index in [1.54, 1.807) is 16.4 Å². The largest absolute Gasteiger partial charge is 0.310 e. The Bertz CT molecular complexity index is 554. The predicted octanol–water partition coefficient (Wildman–Crippen LogP) is 2.92. The van der Waals surface area contributed by atoms with E-state index in [-0.39, 0.29) is 12.1 Å². The first-order chi connectivity index (χ1) is 9.96. The molecule has 2 rings (SSSR count). The van der Waals surface area contributed by atoms with Gasteiger partial charge in [0.2, 0.25) is 10.0 Å². The second-order valence-corrected chi connectivity index (χ2v) is 7.74. The average molecular weight is 310 g/mol. The molecular weight excluding hydrogens is 284 g/mol. The Morgan fingerprint density at radius 3 is 2.52 bits per heavy atom. The first-order valence-corrected chi connectivity index (χ1v) is 9.26. The summed E-state index contributed by atoms with van der Waals surface area (Å²) in [7, 11) is -3.33. The van der Waals surface area contributed by atoms with Crippen LogP contribution in [0.3, 0.4) is 0 Å². The summed E-state index contributed by atoms with van der Waals surface area (Å²) >= 11 is 0. The lowest BCUT2D eigenvalue weighted by molar-refractivity contribution is 0.408. The second kappa shape index (κ2) is 6.90. The number of benzene rings is 1. The van der Waals surface area contributed by atoms with Crippen LogP contribution in [0.5, 0.6) is 0 Å². The molecule has 0 saturated carbocycles. The summed E-state index contributed by atoms with van der Waals surface area (Å²) < 4.78 is 26.8. The second-order valence-electron chi connectivity index (χ2n) is 5.85. The highest BCUT2D eigenvalue weighted by molar-refractivity contribution is 7.89. The van der Waals surface area contributed by atoms with Crippen molar-refractivity contribution in [3.63, 3.8) is 0 Å². The van der Waals surface area contributed by atoms with Gasteiger partial charge in [0.15, 0.2) is 0 Å². The molecule has 0 bridgehead atoms. The van der Waals surface area contributed by atoms with Crippen molar-refractivity contribution >= 4 is 10.0 Å². The monoisotopic (exact) mass is 310 g/mol. The number of hydrogen-bond acceptors (Lipinski definition) is 3. The van der Waals surface area contributed by atoms with Crippen molar-refractivity contribution < 1.29 is 8.42 Å². The van der Waals surface area contributed by atoms with Gasteiger partial charge in [0.05, 0.1) is 4.90 Å². The molecule has 2 atom stereocenters. The zero-order valence-electron chi connectivity index (χ0n) is 13.2. The van der Waals surface area contributed by atoms with Crippen molar-refractivity contribution in [2.24, 2.45) is 0 Å². The van der Waals surface area contributed by atoms with Crippen LogP contribution in [0.15, 0.2) is 29.2 Å². The van der Waals surface area contributed by atoms with Crippen molar-refractivity contribution in [1.29, 1.82) is 0 Å². The average Bonchev–Trinajstić information content (AvgIpc) is 2.92. The number of sulfonamides is 1. The molecule has 0 spiro atoms. The predicted molar refractivity (Wildman–Crippen MR) is 85.7 cm³/mol. The Balaban J connectivity index is 2.14. The molecule has 1 aliphatic heterocycles. The van der Waals surface area contributed by atoms with E-state index in [0.717, 1.165) is 31.4 Å². The Morgan fingerprint density at radius 2 is 2.00 bits per heavy atom. The summed E-state index contributed by atoms with van der Waals surface area (Å²) in [4.78, 5) is 0.405. The lowest BCUT2D eigenvalue weighted by atomic mass is 10.1. The first kappa shape index (κ1) is 16.5. The fraction of sp³-hybridized carbons (Fsp3) is 0.625. The fourth-order valence-corrected chi connectivity index (χ4v) is 4.51. The van der Waals surface area contributed by atoms with E-state index >= 15 is 0 Å². The minimum Gasteiger partial charge on any atom is -0.310 e. The molecule has 4 nitrogen and oxygen atoms in total. The minimum atomic E-state index is -3.33. The van der Waals surface area contributed by atoms with Gasteiger partial charge in [0, 0.05) is 18.6 Å². The van der Waals surface area contributed by atoms with Gasteiger partial charge in [-0.1, -0.05) is 19.1 Å². The van der Waals surface area contributed by atoms with E-state index < -0.39 is 10.0 Å². The Hall–Kier alpha value is -0.910. The molecule has 1 aromatic carbocycles. The van der Waals surface area contributed by atoms with Crippen LogP contribution < -0.4 is 5.32 Å². The van der Waals surface area contributed by atoms with Gasteiger partial charge >= 0.3 is 0 Å². The summed E-state index contributed by atoms with van der Waals surface area (Å²) in [5.41, 5.74) is 1.12. The Kier molecular flexibility index (Phi) is 5.41. The van der Waals surface area contributed by atoms with Gasteiger partial charge < -0.3 is 5.32 Å². The van der Waals surface area contributed by atoms with Crippen molar-refractivity contribution in [3.05, 3.63) is 29.8 Å². The quantitative estimate of drug-likeness (QED) is 0.879. The molecule has 2 unspecified atom stereocenters. The zero-order chi connectivity index (χ0) is 15.5. The third-order valence-corrected chi connectivity index (χ3v) is 6.21. The maximum absolute atomic E-state index is 12.6. The highest BCUT2D eigenvalue weighted by Gasteiger charge is 2.32. The number of hydrogen-bond donors (Lipinski definition) is 1. The topological polar surface area (TPSA) is 49.4 Å². The van der Waals surface area contributed by atoms with Crippen molar-refractivity contribution in [2.45, 2.75) is 57.0 Å². The standard InChI is InChI=1S/C16H26N2O2S/c1-4-11-17-14(3)15-7-9-16(10-8-15)21(19,20)18-12-5-6-13(18)2/h7-10,13-14,17H,4-6,11-12H2,1-3H3. The highest BCUT2D eigenvalue weighted by atomic mass is 32.2. The molecule has 1 heterocycles. The molecule has 1 aliphatic rings. The number of nitrogens with one attached hydrogen (secondary N) is 1. The zero-order valence-corrected chi connectivity index (χ0v) is 14.0. The summed E-state index contributed by atoms with van der Waals surface area (Å²) in [6, 6.07) is 7.66. The van der Waals surface area contributed by atoms with Crippen molar-refractivity contribution in [1.82, 2.24) is 9.62 Å². The van der Waals surface area contributed by atoms with Gasteiger partial charge in [-0.05, 0) is 57.4 Å². The van der Waals surface area contributed by atoms with Crippen LogP contribution in [0.25, 0.3) is 0 Å². The molecule has 5 heteroatoms. The SMILES string of the molecule is CCCNC(C)c1ccc(S(=O)(=O)N2CCCC2C)cc1. The van der Waals surface area contributed by atoms with Crippen molar-refractivity contribution in [3.8, 4) is 0 Å². The van der Waals surface area contributed by atoms with Crippen LogP contribution in [-0.2, 0) is 10.0 Å². The molecule has 0 radical (unpaired) electrons. The van der Waals surface area contributed by atoms with Gasteiger partial charge in [0.25, 0.3) is 0 Å². The van der Waals surface area contributed by atoms with E-state index in [2.05, 4.69) is 19.2 Å². The lowest BCUT2D eigenvalue weighted by Crippen LogP contribution is -2.33. The third kappa shape index (κ3) is 3.65. The van der Waals surface area contributed by atoms with Gasteiger partial charge in [-0.2, -0.15) is 4.31 Å². The molecular formula is C16H26N2O2S. The number of rotatable bonds is 6. The van der Waals surface area contributed by atoms with E-state index in [1.807, 2.05) is 19.1 Å². The summed E-state index contributed by atoms with van der Waals surface area (Å²) in [5.74, 6) is 0. The van der Waals surface area contributed by atoms with Crippen LogP contribution in [0.1, 0.15) is 51.6 Å². The number of nitrogens with zero attached hydrogens (tertiary/aromatic N) is 1. The van der Waals surface area contributed by atoms with E-state index in [1.165, 1.54) is 0 Å². The molecule has 0 amide bonds. The van der Waals surface area contributed by atoms with Gasteiger partial charge in [-0.25, -0.2) is 8.42 Å². The normalized spacial score (nSPS) is 21.6. The lowest BCUT2D eigenvalue weighted by Gasteiger charge is -2.21. The van der Waals surface area contributed by atoms with Gasteiger partial charge in [0.1, 0.15) is 0 Å². The first-order valence-electron chi connectivity index (χ1n) is 7.82. The van der Waals surface area contributed by atoms with E-state index in [9.17, 15) is 8.42 Å². The fourth-order valence-electron chi connectivity index (χ4n) is 2.81. The van der Waals surface area contributed by atoms with Crippen LogP contribution in [0, 0.1) is 0 Å². The molecule has 1 N–H and O–H groups in total. The minimum absolute atomic E-state index is 0.111. The highest BCUT2D eigenvalue weighted by Crippen LogP contribution is 2.26. The van der Waals surface area contributed by atoms with E-state index in [4.69, 9.17) is 0 Å². The molecule has 1 saturated heterocycles. The van der Waals surface area contributed by atoms with Crippen LogP contribution in [0.4, 0.5) is 0 Å². The molecule has 0 aliphatic carbocycles. The van der Waals surface area contributed by atoms with Gasteiger partial charge in [-0.15, -0.1) is 0 Å². The molecule has 118 valence electrons. The maximum Gasteiger partial charge on any atom is 0.243 e. The smallest absolute Gasteiger partial charge is 0.243 e. The van der Waals surface area contributed by atoms with Crippen LogP contribution >= 0.6 is 0 Å². The summed E-state index contributed by atoms with van der Waals surface area (Å²) in [5, 5.41) is 3.41. The van der Waals surface area contributed by atoms with Crippen molar-refractivity contribution in [2.75, 3.05) is 13.1 Å². The van der Waals surface area contributed by atoms with E-state index in [0.29, 0.717) is 11.4 Å². The molecule has 21 heavy (non-hydrogen) atoms. The third-order valence-electron chi connectivity index (χ3n) is 4.18.